The fourth-order valence-electron chi connectivity index (χ4n) is 0.168. The molecule has 0 aromatic rings. The zero-order valence-electron chi connectivity index (χ0n) is 4.95. The maximum absolute atomic E-state index is 6.96. The molecule has 3 nitrogen and oxygen atoms in total. The maximum Gasteiger partial charge on any atom is 0.107 e. The predicted molar refractivity (Wildman–Crippen MR) is 30.2 cm³/mol. The van der Waals surface area contributed by atoms with Gasteiger partial charge in [-0.15, -0.1) is 0 Å². The summed E-state index contributed by atoms with van der Waals surface area (Å²) in [4.78, 5) is 0. The van der Waals surface area contributed by atoms with Gasteiger partial charge >= 0.3 is 0 Å². The number of hydrazine groups is 1. The van der Waals surface area contributed by atoms with Gasteiger partial charge in [-0.25, -0.2) is 5.43 Å². The summed E-state index contributed by atoms with van der Waals surface area (Å²) in [6.07, 6.45) is 0. The summed E-state index contributed by atoms with van der Waals surface area (Å²) in [5.41, 5.74) is 2.77. The molecule has 0 amide bonds. The first-order valence-electron chi connectivity index (χ1n) is 2.14. The first-order chi connectivity index (χ1) is 3.18. The molecule has 0 aliphatic carbocycles. The zero-order valence-corrected chi connectivity index (χ0v) is 4.95. The molecule has 0 saturated carbocycles. The number of nitrogens with one attached hydrogen (secondary N) is 2. The Hall–Kier alpha value is -0.570. The highest BCUT2D eigenvalue weighted by molar-refractivity contribution is 5.75. The molecular formula is C4H11N3. The Morgan fingerprint density at radius 2 is 2.14 bits per heavy atom. The lowest BCUT2D eigenvalue weighted by Gasteiger charge is -2.13. The minimum atomic E-state index is 0.516. The van der Waals surface area contributed by atoms with Gasteiger partial charge in [0, 0.05) is 14.1 Å². The highest BCUT2D eigenvalue weighted by Gasteiger charge is 1.88. The second-order valence-electron chi connectivity index (χ2n) is 1.37. The van der Waals surface area contributed by atoms with E-state index in [2.05, 4.69) is 5.43 Å². The van der Waals surface area contributed by atoms with E-state index in [1.165, 1.54) is 0 Å². The topological polar surface area (TPSA) is 39.1 Å². The lowest BCUT2D eigenvalue weighted by atomic mass is 10.7. The summed E-state index contributed by atoms with van der Waals surface area (Å²) in [7, 11) is 3.57. The normalized spacial score (nSPS) is 8.43. The molecule has 0 radical (unpaired) electrons. The van der Waals surface area contributed by atoms with Crippen molar-refractivity contribution in [3.8, 4) is 0 Å². The van der Waals surface area contributed by atoms with Crippen molar-refractivity contribution >= 4 is 5.84 Å². The molecule has 3 heteroatoms. The maximum atomic E-state index is 6.96. The Morgan fingerprint density at radius 1 is 1.71 bits per heavy atom. The van der Waals surface area contributed by atoms with Gasteiger partial charge in [-0.05, 0) is 6.92 Å². The Kier molecular flexibility index (Phi) is 2.37. The second kappa shape index (κ2) is 2.58. The van der Waals surface area contributed by atoms with Crippen LogP contribution in [0.5, 0.6) is 0 Å². The molecule has 0 aliphatic heterocycles. The number of nitrogens with zero attached hydrogens (tertiary/aromatic N) is 1. The van der Waals surface area contributed by atoms with Crippen molar-refractivity contribution in [2.45, 2.75) is 6.92 Å². The minimum Gasteiger partial charge on any atom is -0.300 e. The fraction of sp³-hybridized carbons (Fsp3) is 0.750. The summed E-state index contributed by atoms with van der Waals surface area (Å²) in [6.45, 7) is 1.72. The predicted octanol–water partition coefficient (Wildman–Crippen LogP) is 0.0498. The third-order valence-electron chi connectivity index (χ3n) is 0.839. The minimum absolute atomic E-state index is 0.516. The van der Waals surface area contributed by atoms with Crippen LogP contribution >= 0.6 is 0 Å². The highest BCUT2D eigenvalue weighted by Crippen LogP contribution is 1.71. The van der Waals surface area contributed by atoms with Crippen LogP contribution in [0.4, 0.5) is 0 Å². The van der Waals surface area contributed by atoms with Crippen LogP contribution in [0.2, 0.25) is 0 Å². The van der Waals surface area contributed by atoms with E-state index in [-0.39, 0.29) is 0 Å². The van der Waals surface area contributed by atoms with E-state index in [1.807, 2.05) is 0 Å². The average molecular weight is 101 g/mol. The Morgan fingerprint density at radius 3 is 2.14 bits per heavy atom. The van der Waals surface area contributed by atoms with E-state index < -0.39 is 0 Å². The molecular weight excluding hydrogens is 90.1 g/mol. The molecule has 0 aliphatic rings. The zero-order chi connectivity index (χ0) is 5.86. The number of hydrogen-bond acceptors (Lipinski definition) is 2. The van der Waals surface area contributed by atoms with E-state index in [4.69, 9.17) is 5.41 Å². The van der Waals surface area contributed by atoms with E-state index in [0.29, 0.717) is 5.84 Å². The van der Waals surface area contributed by atoms with Gasteiger partial charge in [0.05, 0.1) is 0 Å². The highest BCUT2D eigenvalue weighted by atomic mass is 15.5. The summed E-state index contributed by atoms with van der Waals surface area (Å²) in [5, 5.41) is 8.59. The van der Waals surface area contributed by atoms with Gasteiger partial charge in [-0.1, -0.05) is 0 Å². The summed E-state index contributed by atoms with van der Waals surface area (Å²) >= 11 is 0. The Balaban J connectivity index is 3.34. The summed E-state index contributed by atoms with van der Waals surface area (Å²) in [5.74, 6) is 0.516. The van der Waals surface area contributed by atoms with Crippen molar-refractivity contribution in [2.24, 2.45) is 0 Å². The van der Waals surface area contributed by atoms with Gasteiger partial charge in [0.15, 0.2) is 0 Å². The molecule has 0 unspecified atom stereocenters. The summed E-state index contributed by atoms with van der Waals surface area (Å²) < 4.78 is 0. The van der Waals surface area contributed by atoms with E-state index in [1.54, 1.807) is 26.0 Å². The largest absolute Gasteiger partial charge is 0.300 e. The van der Waals surface area contributed by atoms with Gasteiger partial charge in [-0.2, -0.15) is 0 Å². The van der Waals surface area contributed by atoms with Crippen molar-refractivity contribution in [2.75, 3.05) is 14.1 Å². The monoisotopic (exact) mass is 101 g/mol. The van der Waals surface area contributed by atoms with Gasteiger partial charge in [0.25, 0.3) is 0 Å². The van der Waals surface area contributed by atoms with Crippen molar-refractivity contribution in [1.29, 1.82) is 5.41 Å². The molecule has 7 heavy (non-hydrogen) atoms. The van der Waals surface area contributed by atoms with Crippen molar-refractivity contribution in [1.82, 2.24) is 10.4 Å². The SMILES string of the molecule is CNN(C)C(C)=N. The van der Waals surface area contributed by atoms with E-state index in [9.17, 15) is 0 Å². The Labute approximate surface area is 43.8 Å². The second-order valence-corrected chi connectivity index (χ2v) is 1.37. The number of hydrogen-bond donors (Lipinski definition) is 2. The molecule has 0 heterocycles. The first-order valence-corrected chi connectivity index (χ1v) is 2.14. The molecule has 0 saturated heterocycles. The van der Waals surface area contributed by atoms with Crippen LogP contribution in [0.15, 0.2) is 0 Å². The van der Waals surface area contributed by atoms with Crippen molar-refractivity contribution in [3.63, 3.8) is 0 Å². The molecule has 0 atom stereocenters. The third-order valence-corrected chi connectivity index (χ3v) is 0.839. The van der Waals surface area contributed by atoms with Crippen molar-refractivity contribution in [3.05, 3.63) is 0 Å². The number of rotatable bonds is 1. The molecule has 0 spiro atoms. The van der Waals surface area contributed by atoms with Gasteiger partial charge < -0.3 is 0 Å². The van der Waals surface area contributed by atoms with E-state index in [0.717, 1.165) is 0 Å². The molecule has 0 aromatic carbocycles. The average Bonchev–Trinajstić information content (AvgIpc) is 1.65. The van der Waals surface area contributed by atoms with Crippen LogP contribution in [-0.4, -0.2) is 24.9 Å². The molecule has 0 rings (SSSR count). The van der Waals surface area contributed by atoms with Crippen molar-refractivity contribution < 1.29 is 0 Å². The number of amidine groups is 1. The van der Waals surface area contributed by atoms with Gasteiger partial charge in [0.1, 0.15) is 5.84 Å². The van der Waals surface area contributed by atoms with Crippen LogP contribution in [0, 0.1) is 5.41 Å². The fourth-order valence-corrected chi connectivity index (χ4v) is 0.168. The van der Waals surface area contributed by atoms with E-state index >= 15 is 0 Å². The van der Waals surface area contributed by atoms with Crippen LogP contribution < -0.4 is 5.43 Å². The van der Waals surface area contributed by atoms with Crippen LogP contribution in [0.25, 0.3) is 0 Å². The lowest BCUT2D eigenvalue weighted by molar-refractivity contribution is 0.404. The van der Waals surface area contributed by atoms with Crippen LogP contribution in [0.3, 0.4) is 0 Å². The first kappa shape index (κ1) is 6.43. The van der Waals surface area contributed by atoms with Gasteiger partial charge in [0.2, 0.25) is 0 Å². The molecule has 0 aromatic heterocycles. The Bertz CT molecular complexity index is 69.3. The third kappa shape index (κ3) is 2.17. The van der Waals surface area contributed by atoms with Crippen LogP contribution in [0.1, 0.15) is 6.92 Å². The molecule has 0 bridgehead atoms. The van der Waals surface area contributed by atoms with Gasteiger partial charge in [-0.3, -0.25) is 10.4 Å². The quantitative estimate of drug-likeness (QED) is 0.278. The molecule has 2 N–H and O–H groups in total. The summed E-state index contributed by atoms with van der Waals surface area (Å²) in [6, 6.07) is 0. The lowest BCUT2D eigenvalue weighted by Crippen LogP contribution is -2.34. The molecule has 42 valence electrons. The van der Waals surface area contributed by atoms with Crippen LogP contribution in [-0.2, 0) is 0 Å². The standard InChI is InChI=1S/C4H11N3/c1-4(5)7(3)6-2/h5-6H,1-3H3. The molecule has 0 fully saturated rings. The smallest absolute Gasteiger partial charge is 0.107 e.